The van der Waals surface area contributed by atoms with E-state index in [1.807, 2.05) is 17.7 Å². The van der Waals surface area contributed by atoms with Crippen molar-refractivity contribution in [3.8, 4) is 0 Å². The molecule has 1 fully saturated rings. The average molecular weight is 445 g/mol. The lowest BCUT2D eigenvalue weighted by atomic mass is 10.2. The summed E-state index contributed by atoms with van der Waals surface area (Å²) in [6, 6.07) is 8.32. The van der Waals surface area contributed by atoms with Gasteiger partial charge in [0.15, 0.2) is 0 Å². The smallest absolute Gasteiger partial charge is 0.261 e. The Balaban J connectivity index is 1.41. The zero-order chi connectivity index (χ0) is 22.0. The molecular weight excluding hydrogens is 415 g/mol. The van der Waals surface area contributed by atoms with E-state index in [1.54, 1.807) is 12.1 Å². The van der Waals surface area contributed by atoms with Crippen molar-refractivity contribution in [1.29, 1.82) is 0 Å². The summed E-state index contributed by atoms with van der Waals surface area (Å²) in [4.78, 5) is 16.8. The van der Waals surface area contributed by atoms with E-state index in [1.165, 1.54) is 23.5 Å². The summed E-state index contributed by atoms with van der Waals surface area (Å²) >= 11 is 1.43. The highest BCUT2D eigenvalue weighted by Crippen LogP contribution is 2.29. The van der Waals surface area contributed by atoms with Gasteiger partial charge < -0.3 is 10.1 Å². The second kappa shape index (κ2) is 9.46. The van der Waals surface area contributed by atoms with E-state index >= 15 is 0 Å². The molecular formula is C23H29FN4O2S. The van der Waals surface area contributed by atoms with Crippen molar-refractivity contribution < 1.29 is 13.9 Å². The van der Waals surface area contributed by atoms with Crippen LogP contribution in [-0.2, 0) is 11.3 Å². The van der Waals surface area contributed by atoms with Crippen molar-refractivity contribution in [2.24, 2.45) is 5.92 Å². The molecule has 1 N–H and O–H groups in total. The molecule has 2 aromatic heterocycles. The number of fused-ring (bicyclic) bond motifs is 1. The molecule has 0 radical (unpaired) electrons. The van der Waals surface area contributed by atoms with Gasteiger partial charge >= 0.3 is 0 Å². The van der Waals surface area contributed by atoms with Crippen molar-refractivity contribution >= 4 is 27.5 Å². The summed E-state index contributed by atoms with van der Waals surface area (Å²) < 4.78 is 20.9. The van der Waals surface area contributed by atoms with E-state index in [-0.39, 0.29) is 17.8 Å². The summed E-state index contributed by atoms with van der Waals surface area (Å²) in [6.07, 6.45) is 0.0153. The largest absolute Gasteiger partial charge is 0.374 e. The Hall–Kier alpha value is -2.29. The zero-order valence-electron chi connectivity index (χ0n) is 18.2. The zero-order valence-corrected chi connectivity index (χ0v) is 19.0. The van der Waals surface area contributed by atoms with Crippen molar-refractivity contribution in [2.45, 2.75) is 33.4 Å². The third-order valence-electron chi connectivity index (χ3n) is 5.41. The molecule has 0 bridgehead atoms. The molecule has 1 atom stereocenters. The van der Waals surface area contributed by atoms with E-state index in [2.05, 4.69) is 29.2 Å². The Morgan fingerprint density at radius 1 is 1.35 bits per heavy atom. The summed E-state index contributed by atoms with van der Waals surface area (Å²) in [7, 11) is 0. The number of halogens is 1. The van der Waals surface area contributed by atoms with Crippen molar-refractivity contribution in [2.75, 3.05) is 32.8 Å². The molecule has 3 heterocycles. The molecule has 0 spiro atoms. The van der Waals surface area contributed by atoms with Gasteiger partial charge in [-0.05, 0) is 36.6 Å². The summed E-state index contributed by atoms with van der Waals surface area (Å²) in [6.45, 7) is 11.0. The van der Waals surface area contributed by atoms with Crippen LogP contribution in [0.25, 0.3) is 10.2 Å². The highest BCUT2D eigenvalue weighted by Gasteiger charge is 2.22. The molecule has 1 amide bonds. The number of hydrogen-bond acceptors (Lipinski definition) is 5. The number of nitrogens with one attached hydrogen (secondary N) is 1. The maximum Gasteiger partial charge on any atom is 0.261 e. The Morgan fingerprint density at radius 3 is 2.87 bits per heavy atom. The first kappa shape index (κ1) is 21.9. The van der Waals surface area contributed by atoms with Crippen LogP contribution in [0.15, 0.2) is 30.3 Å². The number of benzene rings is 1. The molecule has 1 aliphatic heterocycles. The van der Waals surface area contributed by atoms with Crippen molar-refractivity contribution in [3.63, 3.8) is 0 Å². The molecule has 0 aliphatic carbocycles. The maximum atomic E-state index is 13.2. The molecule has 1 aromatic carbocycles. The van der Waals surface area contributed by atoms with Crippen LogP contribution in [0.4, 0.5) is 4.39 Å². The van der Waals surface area contributed by atoms with Gasteiger partial charge in [0.05, 0.1) is 29.8 Å². The molecule has 31 heavy (non-hydrogen) atoms. The van der Waals surface area contributed by atoms with Crippen LogP contribution in [0, 0.1) is 18.7 Å². The lowest BCUT2D eigenvalue weighted by molar-refractivity contribution is -0.0295. The minimum atomic E-state index is -0.255. The number of carbonyl (C=O) groups excluding carboxylic acids is 1. The third-order valence-corrected chi connectivity index (χ3v) is 6.56. The van der Waals surface area contributed by atoms with Crippen LogP contribution < -0.4 is 5.32 Å². The SMILES string of the molecule is Cc1nn(Cc2ccc(F)cc2)c2sc(C(=O)NC[C@@H]3CN(CC(C)C)CCO3)cc12. The first-order chi connectivity index (χ1) is 14.9. The maximum absolute atomic E-state index is 13.2. The molecule has 8 heteroatoms. The van der Waals surface area contributed by atoms with Gasteiger partial charge in [-0.1, -0.05) is 26.0 Å². The number of carbonyl (C=O) groups is 1. The van der Waals surface area contributed by atoms with Gasteiger partial charge in [0.1, 0.15) is 10.6 Å². The monoisotopic (exact) mass is 444 g/mol. The quantitative estimate of drug-likeness (QED) is 0.604. The number of hydrogen-bond donors (Lipinski definition) is 1. The van der Waals surface area contributed by atoms with E-state index < -0.39 is 0 Å². The van der Waals surface area contributed by atoms with E-state index in [9.17, 15) is 9.18 Å². The molecule has 1 aliphatic rings. The number of thiophene rings is 1. The fourth-order valence-electron chi connectivity index (χ4n) is 3.97. The molecule has 6 nitrogen and oxygen atoms in total. The number of ether oxygens (including phenoxy) is 1. The van der Waals surface area contributed by atoms with Gasteiger partial charge in [-0.25, -0.2) is 4.39 Å². The number of aromatic nitrogens is 2. The van der Waals surface area contributed by atoms with Crippen molar-refractivity contribution in [3.05, 3.63) is 52.3 Å². The minimum Gasteiger partial charge on any atom is -0.374 e. The second-order valence-corrected chi connectivity index (χ2v) is 9.59. The topological polar surface area (TPSA) is 59.4 Å². The number of aryl methyl sites for hydroxylation is 1. The predicted octanol–water partition coefficient (Wildman–Crippen LogP) is 3.68. The highest BCUT2D eigenvalue weighted by atomic mass is 32.1. The lowest BCUT2D eigenvalue weighted by Crippen LogP contribution is -2.48. The first-order valence-electron chi connectivity index (χ1n) is 10.7. The third kappa shape index (κ3) is 5.31. The van der Waals surface area contributed by atoms with Gasteiger partial charge in [-0.3, -0.25) is 14.4 Å². The standard InChI is InChI=1S/C23H29FN4O2S/c1-15(2)12-27-8-9-30-19(14-27)11-25-22(29)21-10-20-16(3)26-28(23(20)31-21)13-17-4-6-18(24)7-5-17/h4-7,10,15,19H,8-9,11-14H2,1-3H3,(H,25,29)/t19-/m1/s1. The fourth-order valence-corrected chi connectivity index (χ4v) is 5.05. The van der Waals surface area contributed by atoms with Crippen LogP contribution in [0.2, 0.25) is 0 Å². The van der Waals surface area contributed by atoms with Gasteiger partial charge in [0.2, 0.25) is 0 Å². The van der Waals surface area contributed by atoms with Gasteiger partial charge in [0, 0.05) is 31.6 Å². The van der Waals surface area contributed by atoms with Gasteiger partial charge in [0.25, 0.3) is 5.91 Å². The van der Waals surface area contributed by atoms with Crippen LogP contribution in [0.3, 0.4) is 0 Å². The van der Waals surface area contributed by atoms with Crippen LogP contribution in [-0.4, -0.2) is 59.5 Å². The molecule has 3 aromatic rings. The van der Waals surface area contributed by atoms with Crippen LogP contribution >= 0.6 is 11.3 Å². The number of rotatable bonds is 7. The molecule has 4 rings (SSSR count). The second-order valence-electron chi connectivity index (χ2n) is 8.56. The Morgan fingerprint density at radius 2 is 2.13 bits per heavy atom. The Labute approximate surface area is 186 Å². The molecule has 1 saturated heterocycles. The summed E-state index contributed by atoms with van der Waals surface area (Å²) in [5, 5.41) is 8.61. The van der Waals surface area contributed by atoms with Gasteiger partial charge in [-0.15, -0.1) is 11.3 Å². The minimum absolute atomic E-state index is 0.0153. The lowest BCUT2D eigenvalue weighted by Gasteiger charge is -2.33. The highest BCUT2D eigenvalue weighted by molar-refractivity contribution is 7.20. The van der Waals surface area contributed by atoms with E-state index in [0.29, 0.717) is 30.5 Å². The van der Waals surface area contributed by atoms with Crippen molar-refractivity contribution in [1.82, 2.24) is 20.0 Å². The van der Waals surface area contributed by atoms with E-state index in [0.717, 1.165) is 41.1 Å². The summed E-state index contributed by atoms with van der Waals surface area (Å²) in [5.74, 6) is 0.276. The Kier molecular flexibility index (Phi) is 6.69. The predicted molar refractivity (Wildman–Crippen MR) is 121 cm³/mol. The Bertz CT molecular complexity index is 1040. The molecule has 0 saturated carbocycles. The number of morpholine rings is 1. The molecule has 0 unspecified atom stereocenters. The fraction of sp³-hybridized carbons (Fsp3) is 0.478. The molecule has 166 valence electrons. The van der Waals surface area contributed by atoms with Crippen LogP contribution in [0.5, 0.6) is 0 Å². The van der Waals surface area contributed by atoms with Gasteiger partial charge in [-0.2, -0.15) is 5.10 Å². The normalized spacial score (nSPS) is 17.5. The van der Waals surface area contributed by atoms with Crippen LogP contribution in [0.1, 0.15) is 34.8 Å². The number of nitrogens with zero attached hydrogens (tertiary/aromatic N) is 3. The average Bonchev–Trinajstić information content (AvgIpc) is 3.29. The first-order valence-corrected chi connectivity index (χ1v) is 11.5. The number of amides is 1. The summed E-state index contributed by atoms with van der Waals surface area (Å²) in [5.41, 5.74) is 1.85. The van der Waals surface area contributed by atoms with E-state index in [4.69, 9.17) is 4.74 Å².